The van der Waals surface area contributed by atoms with E-state index in [2.05, 4.69) is 27.7 Å². The van der Waals surface area contributed by atoms with Crippen molar-refractivity contribution in [3.05, 3.63) is 52.2 Å². The van der Waals surface area contributed by atoms with Crippen molar-refractivity contribution in [2.75, 3.05) is 0 Å². The van der Waals surface area contributed by atoms with Crippen LogP contribution in [0.4, 0.5) is 0 Å². The van der Waals surface area contributed by atoms with Crippen LogP contribution in [-0.2, 0) is 0 Å². The Morgan fingerprint density at radius 1 is 0.852 bits per heavy atom. The van der Waals surface area contributed by atoms with Gasteiger partial charge in [-0.25, -0.2) is 0 Å². The fourth-order valence-corrected chi connectivity index (χ4v) is 3.31. The molecule has 3 aromatic heterocycles. The van der Waals surface area contributed by atoms with Crippen molar-refractivity contribution >= 4 is 50.5 Å². The fourth-order valence-electron chi connectivity index (χ4n) is 2.17. The second-order valence-corrected chi connectivity index (χ2v) is 7.71. The van der Waals surface area contributed by atoms with Gasteiger partial charge in [-0.3, -0.25) is 4.79 Å². The maximum Gasteiger partial charge on any atom is 0.153 e. The summed E-state index contributed by atoms with van der Waals surface area (Å²) in [4.78, 5) is 10.2. The van der Waals surface area contributed by atoms with E-state index in [1.165, 1.54) is 5.56 Å². The second-order valence-electron chi connectivity index (χ2n) is 6.00. The van der Waals surface area contributed by atoms with Crippen LogP contribution in [0.15, 0.2) is 31.5 Å². The molecule has 3 rings (SSSR count). The second kappa shape index (κ2) is 10.9. The number of aliphatic hydroxyl groups excluding tert-OH is 1. The predicted octanol–water partition coefficient (Wildman–Crippen LogP) is 3.44. The van der Waals surface area contributed by atoms with Gasteiger partial charge in [-0.05, 0) is 58.4 Å². The standard InChI is InChI=1S/C7H11O2P.C6H7O2P.C6H9OP/c1-4(8)6-3-7(10)9-5(6)2;1-4-5(3-7)2-6(9)8-4;1-4-3-6(8)7-5(4)2/h3-4,8H,10H2,1-2H3;2-3H,9H2,1H3;3H,8H2,1-2H3. The number of aldehydes is 1. The number of carbonyl (C=O) groups excluding carboxylic acids is 1. The summed E-state index contributed by atoms with van der Waals surface area (Å²) in [5.74, 6) is 2.48. The van der Waals surface area contributed by atoms with Gasteiger partial charge in [0, 0.05) is 5.56 Å². The van der Waals surface area contributed by atoms with E-state index in [0.29, 0.717) is 16.8 Å². The topological polar surface area (TPSA) is 76.7 Å². The van der Waals surface area contributed by atoms with E-state index in [9.17, 15) is 4.79 Å². The van der Waals surface area contributed by atoms with Crippen LogP contribution in [0, 0.1) is 27.7 Å². The lowest BCUT2D eigenvalue weighted by Crippen LogP contribution is -1.89. The van der Waals surface area contributed by atoms with Crippen LogP contribution in [0.1, 0.15) is 51.8 Å². The minimum atomic E-state index is -0.432. The smallest absolute Gasteiger partial charge is 0.153 e. The van der Waals surface area contributed by atoms with E-state index in [4.69, 9.17) is 18.4 Å². The van der Waals surface area contributed by atoms with Crippen LogP contribution in [0.5, 0.6) is 0 Å². The average molecular weight is 428 g/mol. The molecule has 5 nitrogen and oxygen atoms in total. The van der Waals surface area contributed by atoms with Gasteiger partial charge in [-0.15, -0.1) is 0 Å². The van der Waals surface area contributed by atoms with Crippen molar-refractivity contribution in [2.45, 2.75) is 40.7 Å². The van der Waals surface area contributed by atoms with E-state index in [1.807, 2.05) is 32.9 Å². The van der Waals surface area contributed by atoms with Crippen molar-refractivity contribution < 1.29 is 23.2 Å². The lowest BCUT2D eigenvalue weighted by Gasteiger charge is -1.98. The first-order valence-corrected chi connectivity index (χ1v) is 9.95. The SMILES string of the molecule is Cc1cc(P)oc1C.Cc1oc(P)cc1C(C)O.Cc1oc(P)cc1C=O. The maximum atomic E-state index is 10.2. The lowest BCUT2D eigenvalue weighted by molar-refractivity contribution is 0.112. The fraction of sp³-hybridized carbons (Fsp3) is 0.316. The Balaban J connectivity index is 0.000000204. The van der Waals surface area contributed by atoms with Gasteiger partial charge in [0.05, 0.1) is 11.7 Å². The number of carbonyl (C=O) groups is 1. The molecule has 0 saturated carbocycles. The van der Waals surface area contributed by atoms with Gasteiger partial charge in [-0.2, -0.15) is 0 Å². The predicted molar refractivity (Wildman–Crippen MR) is 119 cm³/mol. The van der Waals surface area contributed by atoms with E-state index in [1.54, 1.807) is 19.9 Å². The van der Waals surface area contributed by atoms with E-state index in [0.717, 1.165) is 34.4 Å². The first-order chi connectivity index (χ1) is 12.5. The first kappa shape index (κ1) is 23.8. The van der Waals surface area contributed by atoms with Crippen molar-refractivity contribution in [2.24, 2.45) is 0 Å². The minimum Gasteiger partial charge on any atom is -0.462 e. The number of aryl methyl sites for hydroxylation is 4. The van der Waals surface area contributed by atoms with E-state index in [-0.39, 0.29) is 0 Å². The summed E-state index contributed by atoms with van der Waals surface area (Å²) in [5, 5.41) is 9.15. The molecule has 0 radical (unpaired) electrons. The Hall–Kier alpha value is -1.24. The third-order valence-electron chi connectivity index (χ3n) is 3.71. The highest BCUT2D eigenvalue weighted by atomic mass is 31.0. The number of hydrogen-bond donors (Lipinski definition) is 1. The number of furan rings is 3. The van der Waals surface area contributed by atoms with Crippen LogP contribution < -0.4 is 16.5 Å². The zero-order chi connectivity index (χ0) is 20.7. The van der Waals surface area contributed by atoms with Crippen molar-refractivity contribution in [1.82, 2.24) is 0 Å². The molecule has 27 heavy (non-hydrogen) atoms. The summed E-state index contributed by atoms with van der Waals surface area (Å²) in [6.45, 7) is 9.32. The molecule has 0 aliphatic carbocycles. The van der Waals surface area contributed by atoms with Crippen LogP contribution in [0.2, 0.25) is 0 Å². The molecule has 148 valence electrons. The molecule has 0 saturated heterocycles. The molecular weight excluding hydrogens is 401 g/mol. The van der Waals surface area contributed by atoms with Gasteiger partial charge in [0.15, 0.2) is 6.29 Å². The molecular formula is C19H27O5P3. The maximum absolute atomic E-state index is 10.2. The molecule has 4 atom stereocenters. The Kier molecular flexibility index (Phi) is 9.63. The van der Waals surface area contributed by atoms with Gasteiger partial charge in [0.2, 0.25) is 0 Å². The Bertz CT molecular complexity index is 855. The minimum absolute atomic E-state index is 0.432. The summed E-state index contributed by atoms with van der Waals surface area (Å²) in [6.07, 6.45) is 0.352. The molecule has 0 fully saturated rings. The van der Waals surface area contributed by atoms with Crippen LogP contribution >= 0.6 is 27.7 Å². The highest BCUT2D eigenvalue weighted by molar-refractivity contribution is 7.27. The third kappa shape index (κ3) is 7.72. The quantitative estimate of drug-likeness (QED) is 0.500. The summed E-state index contributed by atoms with van der Waals surface area (Å²) in [6, 6.07) is 5.51. The van der Waals surface area contributed by atoms with Gasteiger partial charge in [0.1, 0.15) is 33.8 Å². The summed E-state index contributed by atoms with van der Waals surface area (Å²) >= 11 is 0. The monoisotopic (exact) mass is 428 g/mol. The zero-order valence-corrected chi connectivity index (χ0v) is 19.7. The average Bonchev–Trinajstić information content (AvgIpc) is 3.17. The molecule has 8 heteroatoms. The third-order valence-corrected chi connectivity index (χ3v) is 4.57. The first-order valence-electron chi connectivity index (χ1n) is 8.22. The summed E-state index contributed by atoms with van der Waals surface area (Å²) in [7, 11) is 7.36. The number of aliphatic hydroxyl groups is 1. The number of hydrogen-bond acceptors (Lipinski definition) is 5. The van der Waals surface area contributed by atoms with Gasteiger partial charge in [-0.1, -0.05) is 27.7 Å². The Morgan fingerprint density at radius 2 is 1.33 bits per heavy atom. The van der Waals surface area contributed by atoms with Crippen LogP contribution in [0.25, 0.3) is 0 Å². The summed E-state index contributed by atoms with van der Waals surface area (Å²) < 4.78 is 15.4. The summed E-state index contributed by atoms with van der Waals surface area (Å²) in [5.41, 5.74) is 5.10. The van der Waals surface area contributed by atoms with Crippen LogP contribution in [-0.4, -0.2) is 11.4 Å². The normalized spacial score (nSPS) is 11.1. The van der Waals surface area contributed by atoms with Crippen LogP contribution in [0.3, 0.4) is 0 Å². The Morgan fingerprint density at radius 3 is 1.52 bits per heavy atom. The van der Waals surface area contributed by atoms with E-state index < -0.39 is 6.10 Å². The van der Waals surface area contributed by atoms with Gasteiger partial charge in [0.25, 0.3) is 0 Å². The molecule has 0 aliphatic rings. The molecule has 0 amide bonds. The molecule has 0 spiro atoms. The number of rotatable bonds is 2. The molecule has 0 aliphatic heterocycles. The molecule has 4 unspecified atom stereocenters. The lowest BCUT2D eigenvalue weighted by atomic mass is 10.2. The molecule has 3 heterocycles. The molecule has 0 bridgehead atoms. The highest BCUT2D eigenvalue weighted by Gasteiger charge is 2.08. The Labute approximate surface area is 166 Å². The zero-order valence-electron chi connectivity index (χ0n) is 16.2. The van der Waals surface area contributed by atoms with E-state index >= 15 is 0 Å². The largest absolute Gasteiger partial charge is 0.462 e. The molecule has 0 aromatic carbocycles. The van der Waals surface area contributed by atoms with Gasteiger partial charge < -0.3 is 18.4 Å². The van der Waals surface area contributed by atoms with Crippen molar-refractivity contribution in [3.8, 4) is 0 Å². The molecule has 1 N–H and O–H groups in total. The highest BCUT2D eigenvalue weighted by Crippen LogP contribution is 2.17. The van der Waals surface area contributed by atoms with Crippen molar-refractivity contribution in [1.29, 1.82) is 0 Å². The molecule has 3 aromatic rings. The van der Waals surface area contributed by atoms with Crippen molar-refractivity contribution in [3.63, 3.8) is 0 Å². The van der Waals surface area contributed by atoms with Gasteiger partial charge >= 0.3 is 0 Å².